The van der Waals surface area contributed by atoms with Crippen LogP contribution in [0, 0.1) is 0 Å². The highest BCUT2D eigenvalue weighted by Gasteiger charge is 2.15. The summed E-state index contributed by atoms with van der Waals surface area (Å²) in [6.45, 7) is 4.18. The van der Waals surface area contributed by atoms with Crippen molar-refractivity contribution in [1.29, 1.82) is 0 Å². The number of carbonyl (C=O) groups excluding carboxylic acids is 1. The third-order valence-electron chi connectivity index (χ3n) is 2.66. The first-order valence-electron chi connectivity index (χ1n) is 5.85. The zero-order valence-corrected chi connectivity index (χ0v) is 12.4. The van der Waals surface area contributed by atoms with Crippen LogP contribution >= 0.6 is 27.5 Å². The fourth-order valence-electron chi connectivity index (χ4n) is 1.67. The van der Waals surface area contributed by atoms with Crippen molar-refractivity contribution in [3.05, 3.63) is 33.3 Å². The topological polar surface area (TPSA) is 29.1 Å². The Labute approximate surface area is 116 Å². The first-order valence-corrected chi connectivity index (χ1v) is 7.02. The third-order valence-corrected chi connectivity index (χ3v) is 3.96. The van der Waals surface area contributed by atoms with Crippen LogP contribution < -0.4 is 5.32 Å². The van der Waals surface area contributed by atoms with E-state index < -0.39 is 0 Å². The van der Waals surface area contributed by atoms with Crippen LogP contribution in [0.2, 0.25) is 5.02 Å². The van der Waals surface area contributed by atoms with Gasteiger partial charge in [0.1, 0.15) is 0 Å². The molecular weight excluding hydrogens is 302 g/mol. The van der Waals surface area contributed by atoms with Crippen LogP contribution in [0.15, 0.2) is 22.7 Å². The molecule has 94 valence electrons. The summed E-state index contributed by atoms with van der Waals surface area (Å²) >= 11 is 9.40. The van der Waals surface area contributed by atoms with E-state index in [2.05, 4.69) is 35.1 Å². The number of hydrogen-bond acceptors (Lipinski definition) is 1. The monoisotopic (exact) mass is 317 g/mol. The maximum atomic E-state index is 12.0. The van der Waals surface area contributed by atoms with E-state index in [1.165, 1.54) is 0 Å². The number of nitrogens with one attached hydrogen (secondary N) is 1. The van der Waals surface area contributed by atoms with E-state index in [0.29, 0.717) is 10.6 Å². The number of rotatable bonds is 5. The van der Waals surface area contributed by atoms with Crippen LogP contribution in [0.3, 0.4) is 0 Å². The maximum absolute atomic E-state index is 12.0. The summed E-state index contributed by atoms with van der Waals surface area (Å²) in [5.74, 6) is -0.100. The lowest BCUT2D eigenvalue weighted by Gasteiger charge is -2.16. The number of amides is 1. The Hall–Kier alpha value is -0.540. The van der Waals surface area contributed by atoms with Gasteiger partial charge in [-0.1, -0.05) is 37.9 Å². The molecule has 1 amide bonds. The minimum absolute atomic E-state index is 0.100. The Morgan fingerprint density at radius 1 is 1.47 bits per heavy atom. The number of carbonyl (C=O) groups is 1. The van der Waals surface area contributed by atoms with Gasteiger partial charge in [0.25, 0.3) is 5.91 Å². The molecule has 1 unspecified atom stereocenters. The van der Waals surface area contributed by atoms with Crippen LogP contribution in [0.25, 0.3) is 0 Å². The van der Waals surface area contributed by atoms with Gasteiger partial charge in [-0.15, -0.1) is 0 Å². The molecule has 2 nitrogen and oxygen atoms in total. The molecule has 0 heterocycles. The molecule has 0 bridgehead atoms. The zero-order valence-electron chi connectivity index (χ0n) is 10.1. The van der Waals surface area contributed by atoms with Crippen molar-refractivity contribution in [3.63, 3.8) is 0 Å². The molecule has 0 saturated heterocycles. The lowest BCUT2D eigenvalue weighted by atomic mass is 10.1. The molecule has 4 heteroatoms. The summed E-state index contributed by atoms with van der Waals surface area (Å²) in [4.78, 5) is 12.0. The SMILES string of the molecule is CCCC(CC)NC(=O)c1cccc(Br)c1Cl. The van der Waals surface area contributed by atoms with Gasteiger partial charge >= 0.3 is 0 Å². The van der Waals surface area contributed by atoms with Crippen LogP contribution in [0.1, 0.15) is 43.5 Å². The highest BCUT2D eigenvalue weighted by Crippen LogP contribution is 2.26. The van der Waals surface area contributed by atoms with Gasteiger partial charge in [-0.05, 0) is 40.9 Å². The standard InChI is InChI=1S/C13H17BrClNO/c1-3-6-9(4-2)16-13(17)10-7-5-8-11(14)12(10)15/h5,7-9H,3-4,6H2,1-2H3,(H,16,17). The molecule has 0 aliphatic rings. The average molecular weight is 319 g/mol. The van der Waals surface area contributed by atoms with Crippen LogP contribution in [0.5, 0.6) is 0 Å². The fraction of sp³-hybridized carbons (Fsp3) is 0.462. The van der Waals surface area contributed by atoms with Gasteiger partial charge in [-0.25, -0.2) is 0 Å². The summed E-state index contributed by atoms with van der Waals surface area (Å²) in [5, 5.41) is 3.48. The molecule has 0 aromatic heterocycles. The molecule has 0 radical (unpaired) electrons. The van der Waals surface area contributed by atoms with Gasteiger partial charge in [0.05, 0.1) is 10.6 Å². The quantitative estimate of drug-likeness (QED) is 0.856. The lowest BCUT2D eigenvalue weighted by Crippen LogP contribution is -2.34. The molecule has 0 fully saturated rings. The fourth-order valence-corrected chi connectivity index (χ4v) is 2.25. The second kappa shape index (κ2) is 7.02. The Balaban J connectivity index is 2.79. The Bertz CT molecular complexity index is 395. The van der Waals surface area contributed by atoms with Crippen LogP contribution in [0.4, 0.5) is 0 Å². The molecule has 1 rings (SSSR count). The minimum atomic E-state index is -0.100. The molecule has 17 heavy (non-hydrogen) atoms. The van der Waals surface area contributed by atoms with Gasteiger partial charge in [0.15, 0.2) is 0 Å². The predicted molar refractivity (Wildman–Crippen MR) is 75.6 cm³/mol. The van der Waals surface area contributed by atoms with Crippen molar-refractivity contribution in [3.8, 4) is 0 Å². The van der Waals surface area contributed by atoms with Gasteiger partial charge in [0.2, 0.25) is 0 Å². The third kappa shape index (κ3) is 4.00. The van der Waals surface area contributed by atoms with Gasteiger partial charge in [0, 0.05) is 10.5 Å². The van der Waals surface area contributed by atoms with Gasteiger partial charge in [-0.2, -0.15) is 0 Å². The maximum Gasteiger partial charge on any atom is 0.253 e. The second-order valence-corrected chi connectivity index (χ2v) is 5.20. The normalized spacial score (nSPS) is 12.2. The van der Waals surface area contributed by atoms with E-state index in [4.69, 9.17) is 11.6 Å². The minimum Gasteiger partial charge on any atom is -0.349 e. The molecular formula is C13H17BrClNO. The Kier molecular flexibility index (Phi) is 6.00. The van der Waals surface area contributed by atoms with Crippen molar-refractivity contribution in [1.82, 2.24) is 5.32 Å². The smallest absolute Gasteiger partial charge is 0.253 e. The second-order valence-electron chi connectivity index (χ2n) is 3.97. The van der Waals surface area contributed by atoms with Gasteiger partial charge in [-0.3, -0.25) is 4.79 Å². The Morgan fingerprint density at radius 3 is 2.76 bits per heavy atom. The van der Waals surface area contributed by atoms with Gasteiger partial charge < -0.3 is 5.32 Å². The first-order chi connectivity index (χ1) is 8.10. The Morgan fingerprint density at radius 2 is 2.18 bits per heavy atom. The van der Waals surface area contributed by atoms with E-state index in [1.807, 2.05) is 12.1 Å². The van der Waals surface area contributed by atoms with E-state index in [1.54, 1.807) is 6.07 Å². The lowest BCUT2D eigenvalue weighted by molar-refractivity contribution is 0.0934. The molecule has 1 N–H and O–H groups in total. The summed E-state index contributed by atoms with van der Waals surface area (Å²) in [6, 6.07) is 5.59. The summed E-state index contributed by atoms with van der Waals surface area (Å²) in [6.07, 6.45) is 2.99. The van der Waals surface area contributed by atoms with E-state index >= 15 is 0 Å². The highest BCUT2D eigenvalue weighted by molar-refractivity contribution is 9.10. The predicted octanol–water partition coefficient (Wildman–Crippen LogP) is 4.41. The zero-order chi connectivity index (χ0) is 12.8. The van der Waals surface area contributed by atoms with Crippen molar-refractivity contribution in [2.24, 2.45) is 0 Å². The van der Waals surface area contributed by atoms with Crippen molar-refractivity contribution >= 4 is 33.4 Å². The first kappa shape index (κ1) is 14.5. The molecule has 0 saturated carbocycles. The van der Waals surface area contributed by atoms with Crippen molar-refractivity contribution < 1.29 is 4.79 Å². The van der Waals surface area contributed by atoms with E-state index in [9.17, 15) is 4.79 Å². The number of hydrogen-bond donors (Lipinski definition) is 1. The summed E-state index contributed by atoms with van der Waals surface area (Å²) in [5.41, 5.74) is 0.524. The number of halogens is 2. The highest BCUT2D eigenvalue weighted by atomic mass is 79.9. The number of benzene rings is 1. The van der Waals surface area contributed by atoms with Crippen LogP contribution in [-0.4, -0.2) is 11.9 Å². The van der Waals surface area contributed by atoms with Crippen LogP contribution in [-0.2, 0) is 0 Å². The molecule has 0 spiro atoms. The molecule has 1 aromatic rings. The molecule has 0 aliphatic heterocycles. The average Bonchev–Trinajstić information content (AvgIpc) is 2.31. The van der Waals surface area contributed by atoms with Crippen molar-refractivity contribution in [2.45, 2.75) is 39.2 Å². The molecule has 0 aliphatic carbocycles. The summed E-state index contributed by atoms with van der Waals surface area (Å²) in [7, 11) is 0. The summed E-state index contributed by atoms with van der Waals surface area (Å²) < 4.78 is 0.746. The largest absolute Gasteiger partial charge is 0.349 e. The molecule has 1 atom stereocenters. The molecule has 1 aromatic carbocycles. The van der Waals surface area contributed by atoms with E-state index in [-0.39, 0.29) is 11.9 Å². The van der Waals surface area contributed by atoms with Crippen molar-refractivity contribution in [2.75, 3.05) is 0 Å². The van der Waals surface area contributed by atoms with E-state index in [0.717, 1.165) is 23.7 Å².